The largest absolute Gasteiger partial charge is 0.506 e. The van der Waals surface area contributed by atoms with E-state index in [0.29, 0.717) is 18.7 Å². The molecule has 0 aliphatic heterocycles. The topological polar surface area (TPSA) is 108 Å². The quantitative estimate of drug-likeness (QED) is 0.284. The predicted octanol–water partition coefficient (Wildman–Crippen LogP) is 3.13. The number of anilines is 1. The minimum absolute atomic E-state index is 0.0290. The van der Waals surface area contributed by atoms with E-state index in [2.05, 4.69) is 22.2 Å². The van der Waals surface area contributed by atoms with Crippen molar-refractivity contribution in [2.45, 2.75) is 6.10 Å². The van der Waals surface area contributed by atoms with Gasteiger partial charge in [0.25, 0.3) is 0 Å². The van der Waals surface area contributed by atoms with E-state index in [4.69, 9.17) is 4.74 Å². The molecule has 3 aromatic rings. The first-order chi connectivity index (χ1) is 14.8. The van der Waals surface area contributed by atoms with E-state index >= 15 is 0 Å². The van der Waals surface area contributed by atoms with Crippen molar-refractivity contribution in [1.82, 2.24) is 5.32 Å². The molecule has 3 rings (SSSR count). The van der Waals surface area contributed by atoms with Gasteiger partial charge in [-0.3, -0.25) is 4.72 Å². The number of sulfonamides is 1. The molecule has 0 amide bonds. The molecule has 3 aromatic carbocycles. The van der Waals surface area contributed by atoms with Gasteiger partial charge in [0.2, 0.25) is 10.0 Å². The maximum absolute atomic E-state index is 11.4. The lowest BCUT2D eigenvalue weighted by atomic mass is 10.1. The highest BCUT2D eigenvalue weighted by Crippen LogP contribution is 2.27. The number of phenols is 1. The summed E-state index contributed by atoms with van der Waals surface area (Å²) in [7, 11) is -3.54. The van der Waals surface area contributed by atoms with Crippen LogP contribution in [0, 0.1) is 0 Å². The lowest BCUT2D eigenvalue weighted by Gasteiger charge is -2.15. The van der Waals surface area contributed by atoms with Gasteiger partial charge in [-0.15, -0.1) is 0 Å². The van der Waals surface area contributed by atoms with Crippen LogP contribution >= 0.6 is 0 Å². The summed E-state index contributed by atoms with van der Waals surface area (Å²) in [4.78, 5) is 0. The normalized spacial score (nSPS) is 12.3. The number of phenolic OH excluding ortho intramolecular Hbond substituents is 1. The molecule has 0 aliphatic rings. The smallest absolute Gasteiger partial charge is 0.229 e. The molecule has 164 valence electrons. The monoisotopic (exact) mass is 442 g/mol. The van der Waals surface area contributed by atoms with Crippen LogP contribution in [-0.4, -0.2) is 44.6 Å². The second-order valence-electron chi connectivity index (χ2n) is 7.11. The van der Waals surface area contributed by atoms with Gasteiger partial charge in [0.15, 0.2) is 0 Å². The van der Waals surface area contributed by atoms with Crippen LogP contribution in [0.4, 0.5) is 5.69 Å². The number of nitrogens with one attached hydrogen (secondary N) is 2. The van der Waals surface area contributed by atoms with Crippen LogP contribution in [0.5, 0.6) is 11.5 Å². The molecule has 8 heteroatoms. The Hall–Kier alpha value is -3.07. The Morgan fingerprint density at radius 1 is 0.968 bits per heavy atom. The Bertz CT molecular complexity index is 1090. The zero-order valence-corrected chi connectivity index (χ0v) is 18.0. The predicted molar refractivity (Wildman–Crippen MR) is 122 cm³/mol. The highest BCUT2D eigenvalue weighted by molar-refractivity contribution is 7.92. The number of rotatable bonds is 10. The van der Waals surface area contributed by atoms with Crippen LogP contribution in [0.3, 0.4) is 0 Å². The number of aliphatic hydroxyl groups excluding tert-OH is 1. The summed E-state index contributed by atoms with van der Waals surface area (Å²) >= 11 is 0. The number of benzene rings is 3. The zero-order chi connectivity index (χ0) is 22.3. The molecule has 0 saturated carbocycles. The van der Waals surface area contributed by atoms with Crippen molar-refractivity contribution >= 4 is 15.7 Å². The van der Waals surface area contributed by atoms with E-state index in [1.807, 2.05) is 42.5 Å². The average molecular weight is 443 g/mol. The standard InChI is InChI=1S/C23H26N2O5S/c1-31(28,29)25-21-15-19(9-12-22(21)26)23(27)16-24-13-14-30-20-10-7-18(8-11-20)17-5-3-2-4-6-17/h2-12,15,23-27H,13-14,16H2,1H3. The van der Waals surface area contributed by atoms with Crippen LogP contribution in [-0.2, 0) is 10.0 Å². The van der Waals surface area contributed by atoms with E-state index in [0.717, 1.165) is 23.1 Å². The number of hydrogen-bond donors (Lipinski definition) is 4. The Balaban J connectivity index is 1.44. The first-order valence-corrected chi connectivity index (χ1v) is 11.7. The summed E-state index contributed by atoms with van der Waals surface area (Å²) in [5.74, 6) is 0.554. The lowest BCUT2D eigenvalue weighted by molar-refractivity contribution is 0.172. The summed E-state index contributed by atoms with van der Waals surface area (Å²) in [5.41, 5.74) is 2.77. The molecule has 0 fully saturated rings. The molecule has 0 saturated heterocycles. The summed E-state index contributed by atoms with van der Waals surface area (Å²) in [6, 6.07) is 22.2. The molecule has 0 bridgehead atoms. The Morgan fingerprint density at radius 3 is 2.32 bits per heavy atom. The summed E-state index contributed by atoms with van der Waals surface area (Å²) in [6.45, 7) is 1.19. The highest BCUT2D eigenvalue weighted by Gasteiger charge is 2.12. The first-order valence-electron chi connectivity index (χ1n) is 9.79. The molecule has 31 heavy (non-hydrogen) atoms. The molecule has 0 heterocycles. The third-order valence-corrected chi connectivity index (χ3v) is 5.14. The van der Waals surface area contributed by atoms with Crippen LogP contribution in [0.15, 0.2) is 72.8 Å². The molecular weight excluding hydrogens is 416 g/mol. The Morgan fingerprint density at radius 2 is 1.65 bits per heavy atom. The minimum Gasteiger partial charge on any atom is -0.506 e. The number of hydrogen-bond acceptors (Lipinski definition) is 6. The van der Waals surface area contributed by atoms with Gasteiger partial charge < -0.3 is 20.3 Å². The first kappa shape index (κ1) is 22.6. The van der Waals surface area contributed by atoms with Gasteiger partial charge in [-0.05, 0) is 41.0 Å². The number of aromatic hydroxyl groups is 1. The average Bonchev–Trinajstić information content (AvgIpc) is 2.75. The third kappa shape index (κ3) is 6.99. The summed E-state index contributed by atoms with van der Waals surface area (Å²) in [6.07, 6.45) is 0.123. The Kier molecular flexibility index (Phi) is 7.51. The summed E-state index contributed by atoms with van der Waals surface area (Å²) in [5, 5.41) is 23.2. The maximum Gasteiger partial charge on any atom is 0.229 e. The van der Waals surface area contributed by atoms with E-state index in [1.54, 1.807) is 6.07 Å². The molecule has 0 aromatic heterocycles. The van der Waals surface area contributed by atoms with Gasteiger partial charge in [-0.2, -0.15) is 0 Å². The van der Waals surface area contributed by atoms with Gasteiger partial charge in [0.1, 0.15) is 18.1 Å². The van der Waals surface area contributed by atoms with Crippen molar-refractivity contribution in [2.75, 3.05) is 30.7 Å². The van der Waals surface area contributed by atoms with Crippen molar-refractivity contribution in [3.8, 4) is 22.6 Å². The van der Waals surface area contributed by atoms with Gasteiger partial charge in [0, 0.05) is 13.1 Å². The van der Waals surface area contributed by atoms with Crippen molar-refractivity contribution < 1.29 is 23.4 Å². The SMILES string of the molecule is CS(=O)(=O)Nc1cc(C(O)CNCCOc2ccc(-c3ccccc3)cc2)ccc1O. The van der Waals surface area contributed by atoms with Gasteiger partial charge in [-0.1, -0.05) is 48.5 Å². The Labute approximate surface area is 182 Å². The fourth-order valence-electron chi connectivity index (χ4n) is 3.01. The van der Waals surface area contributed by atoms with Crippen molar-refractivity contribution in [3.63, 3.8) is 0 Å². The maximum atomic E-state index is 11.4. The zero-order valence-electron chi connectivity index (χ0n) is 17.2. The molecule has 1 unspecified atom stereocenters. The van der Waals surface area contributed by atoms with E-state index < -0.39 is 16.1 Å². The number of ether oxygens (including phenoxy) is 1. The second kappa shape index (κ2) is 10.3. The molecule has 0 radical (unpaired) electrons. The van der Waals surface area contributed by atoms with E-state index in [-0.39, 0.29) is 18.0 Å². The molecule has 0 aliphatic carbocycles. The summed E-state index contributed by atoms with van der Waals surface area (Å²) < 4.78 is 30.7. The van der Waals surface area contributed by atoms with Crippen molar-refractivity contribution in [3.05, 3.63) is 78.4 Å². The van der Waals surface area contributed by atoms with Crippen molar-refractivity contribution in [1.29, 1.82) is 0 Å². The molecule has 7 nitrogen and oxygen atoms in total. The molecule has 4 N–H and O–H groups in total. The van der Waals surface area contributed by atoms with Crippen LogP contribution in [0.25, 0.3) is 11.1 Å². The number of aliphatic hydroxyl groups is 1. The fraction of sp³-hybridized carbons (Fsp3) is 0.217. The third-order valence-electron chi connectivity index (χ3n) is 4.55. The minimum atomic E-state index is -3.54. The second-order valence-corrected chi connectivity index (χ2v) is 8.86. The van der Waals surface area contributed by atoms with E-state index in [9.17, 15) is 18.6 Å². The van der Waals surface area contributed by atoms with Crippen molar-refractivity contribution in [2.24, 2.45) is 0 Å². The van der Waals surface area contributed by atoms with E-state index in [1.165, 1.54) is 12.1 Å². The van der Waals surface area contributed by atoms with Gasteiger partial charge in [-0.25, -0.2) is 8.42 Å². The van der Waals surface area contributed by atoms with Gasteiger partial charge in [0.05, 0.1) is 18.0 Å². The molecule has 1 atom stereocenters. The fourth-order valence-corrected chi connectivity index (χ4v) is 3.58. The highest BCUT2D eigenvalue weighted by atomic mass is 32.2. The lowest BCUT2D eigenvalue weighted by Crippen LogP contribution is -2.26. The van der Waals surface area contributed by atoms with Crippen LogP contribution in [0.1, 0.15) is 11.7 Å². The van der Waals surface area contributed by atoms with Crippen LogP contribution in [0.2, 0.25) is 0 Å². The molecular formula is C23H26N2O5S. The molecule has 0 spiro atoms. The van der Waals surface area contributed by atoms with Crippen LogP contribution < -0.4 is 14.8 Å². The van der Waals surface area contributed by atoms with Gasteiger partial charge >= 0.3 is 0 Å².